The maximum atomic E-state index is 2.73. The molecule has 0 saturated carbocycles. The van der Waals surface area contributed by atoms with Gasteiger partial charge in [0.25, 0.3) is 0 Å². The average Bonchev–Trinajstić information content (AvgIpc) is 3.02. The predicted octanol–water partition coefficient (Wildman–Crippen LogP) is 7.32. The minimum atomic E-state index is -0.427. The third-order valence-corrected chi connectivity index (χ3v) is 12.3. The second-order valence-corrected chi connectivity index (χ2v) is 14.4. The number of benzene rings is 5. The first-order valence-electron chi connectivity index (χ1n) is 13.8. The lowest BCUT2D eigenvalue weighted by molar-refractivity contribution is 0.238. The first-order valence-corrected chi connectivity index (χ1v) is 16.9. The van der Waals surface area contributed by atoms with Crippen LogP contribution in [0.15, 0.2) is 152 Å². The minimum Gasteiger partial charge on any atom is -0.296 e. The highest BCUT2D eigenvalue weighted by molar-refractivity contribution is 7.73. The SMILES string of the molecule is CC(c1ccccc1)N(CCP(c1ccccc1)c1ccccc1)CCP(c1ccccc1)c1ccccc1. The van der Waals surface area contributed by atoms with Crippen molar-refractivity contribution in [1.82, 2.24) is 4.90 Å². The van der Waals surface area contributed by atoms with Crippen molar-refractivity contribution in [2.75, 3.05) is 25.4 Å². The summed E-state index contributed by atoms with van der Waals surface area (Å²) in [4.78, 5) is 2.73. The molecule has 0 spiro atoms. The van der Waals surface area contributed by atoms with Crippen LogP contribution in [-0.4, -0.2) is 30.3 Å². The van der Waals surface area contributed by atoms with Gasteiger partial charge in [-0.15, -0.1) is 0 Å². The van der Waals surface area contributed by atoms with Crippen molar-refractivity contribution in [2.24, 2.45) is 0 Å². The molecular formula is C36H37NP2. The molecular weight excluding hydrogens is 508 g/mol. The molecule has 0 bridgehead atoms. The second-order valence-electron chi connectivity index (χ2n) is 9.77. The zero-order chi connectivity index (χ0) is 26.7. The standard InChI is InChI=1S/C36H37NP2/c1-31(32-17-7-2-8-18-32)37(27-29-38(33-19-9-3-10-20-33)34-21-11-4-12-22-34)28-30-39(35-23-13-5-14-24-35)36-25-15-6-16-26-36/h2-26,31H,27-30H2,1H3. The molecule has 5 aromatic carbocycles. The molecule has 0 radical (unpaired) electrons. The monoisotopic (exact) mass is 545 g/mol. The Morgan fingerprint density at radius 3 is 1.03 bits per heavy atom. The smallest absolute Gasteiger partial charge is 0.0320 e. The molecule has 5 aromatic rings. The molecule has 1 unspecified atom stereocenters. The van der Waals surface area contributed by atoms with E-state index >= 15 is 0 Å². The molecule has 39 heavy (non-hydrogen) atoms. The maximum absolute atomic E-state index is 2.73. The number of nitrogens with zero attached hydrogens (tertiary/aromatic N) is 1. The van der Waals surface area contributed by atoms with Crippen LogP contribution in [0.3, 0.4) is 0 Å². The van der Waals surface area contributed by atoms with E-state index in [0.717, 1.165) is 25.4 Å². The first kappa shape index (κ1) is 27.5. The predicted molar refractivity (Wildman–Crippen MR) is 174 cm³/mol. The molecule has 0 aliphatic rings. The molecule has 1 atom stereocenters. The third kappa shape index (κ3) is 7.52. The van der Waals surface area contributed by atoms with E-state index < -0.39 is 15.8 Å². The first-order chi connectivity index (χ1) is 19.3. The Kier molecular flexibility index (Phi) is 10.1. The Labute approximate surface area is 237 Å². The number of rotatable bonds is 12. The molecule has 0 aliphatic heterocycles. The zero-order valence-corrected chi connectivity index (χ0v) is 24.5. The Hall–Kier alpha value is -3.08. The minimum absolute atomic E-state index is 0.359. The lowest BCUT2D eigenvalue weighted by Crippen LogP contribution is -2.34. The van der Waals surface area contributed by atoms with Crippen molar-refractivity contribution >= 4 is 37.1 Å². The van der Waals surface area contributed by atoms with E-state index in [1.54, 1.807) is 0 Å². The summed E-state index contributed by atoms with van der Waals surface area (Å²) in [7, 11) is -0.854. The Morgan fingerprint density at radius 2 is 0.718 bits per heavy atom. The fourth-order valence-electron chi connectivity index (χ4n) is 5.14. The van der Waals surface area contributed by atoms with Crippen molar-refractivity contribution < 1.29 is 0 Å². The van der Waals surface area contributed by atoms with E-state index in [9.17, 15) is 0 Å². The maximum Gasteiger partial charge on any atom is 0.0320 e. The summed E-state index contributed by atoms with van der Waals surface area (Å²) in [6, 6.07) is 55.9. The molecule has 0 aromatic heterocycles. The lowest BCUT2D eigenvalue weighted by Gasteiger charge is -2.33. The number of hydrogen-bond donors (Lipinski definition) is 0. The molecule has 0 fully saturated rings. The van der Waals surface area contributed by atoms with Crippen molar-refractivity contribution in [3.05, 3.63) is 157 Å². The molecule has 0 aliphatic carbocycles. The van der Waals surface area contributed by atoms with Crippen LogP contribution < -0.4 is 21.2 Å². The fraction of sp³-hybridized carbons (Fsp3) is 0.167. The quantitative estimate of drug-likeness (QED) is 0.149. The topological polar surface area (TPSA) is 3.24 Å². The van der Waals surface area contributed by atoms with E-state index in [0.29, 0.717) is 6.04 Å². The summed E-state index contributed by atoms with van der Waals surface area (Å²) in [5, 5.41) is 5.84. The second kappa shape index (κ2) is 14.3. The van der Waals surface area contributed by atoms with Gasteiger partial charge in [0.1, 0.15) is 0 Å². The van der Waals surface area contributed by atoms with Crippen LogP contribution in [0.2, 0.25) is 0 Å². The van der Waals surface area contributed by atoms with Gasteiger partial charge in [-0.05, 0) is 61.9 Å². The summed E-state index contributed by atoms with van der Waals surface area (Å²) in [5.41, 5.74) is 1.39. The summed E-state index contributed by atoms with van der Waals surface area (Å²) in [6.45, 7) is 4.52. The Balaban J connectivity index is 1.41. The van der Waals surface area contributed by atoms with Crippen molar-refractivity contribution in [1.29, 1.82) is 0 Å². The Bertz CT molecular complexity index is 1200. The highest BCUT2D eigenvalue weighted by Crippen LogP contribution is 2.36. The van der Waals surface area contributed by atoms with Crippen LogP contribution >= 0.6 is 15.8 Å². The van der Waals surface area contributed by atoms with Gasteiger partial charge in [0.15, 0.2) is 0 Å². The van der Waals surface area contributed by atoms with Gasteiger partial charge < -0.3 is 0 Å². The molecule has 0 N–H and O–H groups in total. The van der Waals surface area contributed by atoms with Crippen molar-refractivity contribution in [3.8, 4) is 0 Å². The molecule has 5 rings (SSSR count). The van der Waals surface area contributed by atoms with Crippen molar-refractivity contribution in [2.45, 2.75) is 13.0 Å². The number of hydrogen-bond acceptors (Lipinski definition) is 1. The summed E-state index contributed by atoms with van der Waals surface area (Å²) in [5.74, 6) is 0. The van der Waals surface area contributed by atoms with Crippen LogP contribution in [0.5, 0.6) is 0 Å². The van der Waals surface area contributed by atoms with Crippen LogP contribution in [0.25, 0.3) is 0 Å². The van der Waals surface area contributed by atoms with Gasteiger partial charge in [0.2, 0.25) is 0 Å². The van der Waals surface area contributed by atoms with Crippen molar-refractivity contribution in [3.63, 3.8) is 0 Å². The molecule has 1 nitrogen and oxygen atoms in total. The van der Waals surface area contributed by atoms with Crippen LogP contribution in [-0.2, 0) is 0 Å². The fourth-order valence-corrected chi connectivity index (χ4v) is 9.82. The lowest BCUT2D eigenvalue weighted by atomic mass is 10.1. The van der Waals surface area contributed by atoms with Crippen LogP contribution in [0.1, 0.15) is 18.5 Å². The summed E-state index contributed by atoms with van der Waals surface area (Å²) < 4.78 is 0. The van der Waals surface area contributed by atoms with Gasteiger partial charge in [0.05, 0.1) is 0 Å². The van der Waals surface area contributed by atoms with E-state index in [-0.39, 0.29) is 0 Å². The molecule has 3 heteroatoms. The van der Waals surface area contributed by atoms with Gasteiger partial charge >= 0.3 is 0 Å². The van der Waals surface area contributed by atoms with E-state index in [1.165, 1.54) is 26.8 Å². The van der Waals surface area contributed by atoms with Gasteiger partial charge in [0, 0.05) is 19.1 Å². The molecule has 196 valence electrons. The Morgan fingerprint density at radius 1 is 0.436 bits per heavy atom. The van der Waals surface area contributed by atoms with E-state index in [4.69, 9.17) is 0 Å². The van der Waals surface area contributed by atoms with Gasteiger partial charge in [-0.3, -0.25) is 4.90 Å². The van der Waals surface area contributed by atoms with Gasteiger partial charge in [-0.1, -0.05) is 152 Å². The highest BCUT2D eigenvalue weighted by Gasteiger charge is 2.22. The average molecular weight is 546 g/mol. The third-order valence-electron chi connectivity index (χ3n) is 7.32. The summed E-state index contributed by atoms with van der Waals surface area (Å²) in [6.07, 6.45) is 2.30. The largest absolute Gasteiger partial charge is 0.296 e. The van der Waals surface area contributed by atoms with Gasteiger partial charge in [-0.25, -0.2) is 0 Å². The molecule has 0 amide bonds. The molecule has 0 heterocycles. The molecule has 0 saturated heterocycles. The van der Waals surface area contributed by atoms with E-state index in [2.05, 4.69) is 163 Å². The normalized spacial score (nSPS) is 12.2. The van der Waals surface area contributed by atoms with E-state index in [1.807, 2.05) is 0 Å². The van der Waals surface area contributed by atoms with Crippen LogP contribution in [0, 0.1) is 0 Å². The zero-order valence-electron chi connectivity index (χ0n) is 22.7. The highest BCUT2D eigenvalue weighted by atomic mass is 31.1. The summed E-state index contributed by atoms with van der Waals surface area (Å²) >= 11 is 0. The van der Waals surface area contributed by atoms with Gasteiger partial charge in [-0.2, -0.15) is 0 Å². The van der Waals surface area contributed by atoms with Crippen LogP contribution in [0.4, 0.5) is 0 Å².